The highest BCUT2D eigenvalue weighted by Gasteiger charge is 2.23. The number of anilines is 1. The summed E-state index contributed by atoms with van der Waals surface area (Å²) in [5.74, 6) is 0.514. The van der Waals surface area contributed by atoms with Gasteiger partial charge in [0, 0.05) is 38.9 Å². The van der Waals surface area contributed by atoms with Crippen molar-refractivity contribution >= 4 is 15.8 Å². The van der Waals surface area contributed by atoms with E-state index in [9.17, 15) is 8.42 Å². The van der Waals surface area contributed by atoms with Crippen LogP contribution in [0.4, 0.5) is 5.82 Å². The summed E-state index contributed by atoms with van der Waals surface area (Å²) < 4.78 is 24.3. The van der Waals surface area contributed by atoms with Gasteiger partial charge < -0.3 is 5.73 Å². The average molecular weight is 270 g/mol. The summed E-state index contributed by atoms with van der Waals surface area (Å²) in [5, 5.41) is 0. The maximum absolute atomic E-state index is 11.4. The van der Waals surface area contributed by atoms with Crippen LogP contribution < -0.4 is 5.73 Å². The standard InChI is InChI=1S/C11H18N4O2S/c1-18(16,17)15-6-4-14(5-7-15)9-10-2-3-11(12)13-8-10/h2-3,8H,4-7,9H2,1H3,(H2,12,13). The molecule has 0 unspecified atom stereocenters. The van der Waals surface area contributed by atoms with Crippen LogP contribution >= 0.6 is 0 Å². The molecule has 1 aliphatic heterocycles. The van der Waals surface area contributed by atoms with Crippen LogP contribution in [-0.4, -0.2) is 55.0 Å². The van der Waals surface area contributed by atoms with Gasteiger partial charge >= 0.3 is 0 Å². The molecule has 6 nitrogen and oxygen atoms in total. The predicted octanol–water partition coefficient (Wildman–Crippen LogP) is -0.259. The van der Waals surface area contributed by atoms with Crippen LogP contribution in [-0.2, 0) is 16.6 Å². The maximum Gasteiger partial charge on any atom is 0.211 e. The fourth-order valence-electron chi connectivity index (χ4n) is 2.01. The predicted molar refractivity (Wildman–Crippen MR) is 70.3 cm³/mol. The van der Waals surface area contributed by atoms with Crippen LogP contribution in [0.3, 0.4) is 0 Å². The summed E-state index contributed by atoms with van der Waals surface area (Å²) in [7, 11) is -3.05. The molecule has 1 aromatic rings. The van der Waals surface area contributed by atoms with Crippen LogP contribution in [0.2, 0.25) is 0 Å². The van der Waals surface area contributed by atoms with Crippen LogP contribution in [0.1, 0.15) is 5.56 Å². The smallest absolute Gasteiger partial charge is 0.211 e. The normalized spacial score (nSPS) is 18.9. The van der Waals surface area contributed by atoms with Crippen molar-refractivity contribution in [3.05, 3.63) is 23.9 Å². The third kappa shape index (κ3) is 3.41. The Kier molecular flexibility index (Phi) is 3.84. The maximum atomic E-state index is 11.4. The second kappa shape index (κ2) is 5.21. The van der Waals surface area contributed by atoms with E-state index in [2.05, 4.69) is 9.88 Å². The van der Waals surface area contributed by atoms with Gasteiger partial charge in [0.05, 0.1) is 6.26 Å². The van der Waals surface area contributed by atoms with Crippen LogP contribution in [0.25, 0.3) is 0 Å². The number of hydrogen-bond acceptors (Lipinski definition) is 5. The molecular formula is C11H18N4O2S. The molecule has 7 heteroatoms. The molecule has 1 aliphatic rings. The first-order valence-electron chi connectivity index (χ1n) is 5.83. The zero-order chi connectivity index (χ0) is 13.2. The summed E-state index contributed by atoms with van der Waals surface area (Å²) >= 11 is 0. The molecular weight excluding hydrogens is 252 g/mol. The van der Waals surface area contributed by atoms with Crippen LogP contribution in [0.15, 0.2) is 18.3 Å². The lowest BCUT2D eigenvalue weighted by molar-refractivity contribution is 0.182. The second-order valence-corrected chi connectivity index (χ2v) is 6.51. The van der Waals surface area contributed by atoms with Crippen molar-refractivity contribution < 1.29 is 8.42 Å². The Bertz CT molecular complexity index is 492. The molecule has 1 fully saturated rings. The Labute approximate surface area is 107 Å². The summed E-state index contributed by atoms with van der Waals surface area (Å²) in [6.45, 7) is 3.39. The number of rotatable bonds is 3. The highest BCUT2D eigenvalue weighted by molar-refractivity contribution is 7.88. The molecule has 2 heterocycles. The second-order valence-electron chi connectivity index (χ2n) is 4.53. The minimum atomic E-state index is -3.05. The molecule has 2 rings (SSSR count). The first kappa shape index (κ1) is 13.3. The van der Waals surface area contributed by atoms with E-state index >= 15 is 0 Å². The Morgan fingerprint density at radius 3 is 2.44 bits per heavy atom. The van der Waals surface area contributed by atoms with E-state index in [1.807, 2.05) is 6.07 Å². The third-order valence-electron chi connectivity index (χ3n) is 3.05. The van der Waals surface area contributed by atoms with E-state index in [1.165, 1.54) is 10.6 Å². The van der Waals surface area contributed by atoms with Gasteiger partial charge in [0.2, 0.25) is 10.0 Å². The molecule has 0 spiro atoms. The summed E-state index contributed by atoms with van der Waals surface area (Å²) in [5.41, 5.74) is 6.62. The molecule has 18 heavy (non-hydrogen) atoms. The summed E-state index contributed by atoms with van der Waals surface area (Å²) in [6.07, 6.45) is 3.02. The zero-order valence-corrected chi connectivity index (χ0v) is 11.2. The van der Waals surface area contributed by atoms with Gasteiger partial charge in [-0.1, -0.05) is 6.07 Å². The van der Waals surface area contributed by atoms with E-state index in [1.54, 1.807) is 12.3 Å². The first-order chi connectivity index (χ1) is 8.45. The average Bonchev–Trinajstić information content (AvgIpc) is 2.32. The molecule has 0 radical (unpaired) electrons. The molecule has 0 amide bonds. The van der Waals surface area contributed by atoms with E-state index < -0.39 is 10.0 Å². The van der Waals surface area contributed by atoms with Gasteiger partial charge in [-0.3, -0.25) is 4.90 Å². The number of nitrogen functional groups attached to an aromatic ring is 1. The Hall–Kier alpha value is -1.18. The lowest BCUT2D eigenvalue weighted by Gasteiger charge is -2.33. The fourth-order valence-corrected chi connectivity index (χ4v) is 2.83. The van der Waals surface area contributed by atoms with Gasteiger partial charge in [0.1, 0.15) is 5.82 Å². The van der Waals surface area contributed by atoms with Crippen LogP contribution in [0.5, 0.6) is 0 Å². The van der Waals surface area contributed by atoms with E-state index in [0.29, 0.717) is 18.9 Å². The third-order valence-corrected chi connectivity index (χ3v) is 4.36. The molecule has 2 N–H and O–H groups in total. The first-order valence-corrected chi connectivity index (χ1v) is 7.68. The van der Waals surface area contributed by atoms with Crippen molar-refractivity contribution in [2.75, 3.05) is 38.2 Å². The largest absolute Gasteiger partial charge is 0.384 e. The van der Waals surface area contributed by atoms with Gasteiger partial charge in [-0.25, -0.2) is 13.4 Å². The fraction of sp³-hybridized carbons (Fsp3) is 0.545. The van der Waals surface area contributed by atoms with Crippen molar-refractivity contribution in [3.8, 4) is 0 Å². The summed E-state index contributed by atoms with van der Waals surface area (Å²) in [4.78, 5) is 6.26. The lowest BCUT2D eigenvalue weighted by atomic mass is 10.2. The number of sulfonamides is 1. The quantitative estimate of drug-likeness (QED) is 0.818. The number of pyridine rings is 1. The van der Waals surface area contributed by atoms with Gasteiger partial charge in [-0.15, -0.1) is 0 Å². The van der Waals surface area contributed by atoms with Gasteiger partial charge in [-0.2, -0.15) is 4.31 Å². The molecule has 0 bridgehead atoms. The number of nitrogens with two attached hydrogens (primary N) is 1. The monoisotopic (exact) mass is 270 g/mol. The molecule has 0 aliphatic carbocycles. The lowest BCUT2D eigenvalue weighted by Crippen LogP contribution is -2.47. The van der Waals surface area contributed by atoms with Gasteiger partial charge in [-0.05, 0) is 11.6 Å². The molecule has 0 atom stereocenters. The molecule has 100 valence electrons. The molecule has 1 saturated heterocycles. The van der Waals surface area contributed by atoms with Crippen molar-refractivity contribution in [2.24, 2.45) is 0 Å². The van der Waals surface area contributed by atoms with Gasteiger partial charge in [0.25, 0.3) is 0 Å². The zero-order valence-electron chi connectivity index (χ0n) is 10.4. The molecule has 0 saturated carbocycles. The van der Waals surface area contributed by atoms with Gasteiger partial charge in [0.15, 0.2) is 0 Å². The summed E-state index contributed by atoms with van der Waals surface area (Å²) in [6, 6.07) is 3.73. The topological polar surface area (TPSA) is 79.5 Å². The van der Waals surface area contributed by atoms with Crippen LogP contribution in [0, 0.1) is 0 Å². The highest BCUT2D eigenvalue weighted by atomic mass is 32.2. The number of piperazine rings is 1. The van der Waals surface area contributed by atoms with E-state index in [0.717, 1.165) is 25.2 Å². The minimum absolute atomic E-state index is 0.514. The van der Waals surface area contributed by atoms with Crippen molar-refractivity contribution in [2.45, 2.75) is 6.54 Å². The SMILES string of the molecule is CS(=O)(=O)N1CCN(Cc2ccc(N)nc2)CC1. The Balaban J connectivity index is 1.89. The number of hydrogen-bond donors (Lipinski definition) is 1. The highest BCUT2D eigenvalue weighted by Crippen LogP contribution is 2.10. The molecule has 1 aromatic heterocycles. The van der Waals surface area contributed by atoms with E-state index in [-0.39, 0.29) is 0 Å². The molecule has 0 aromatic carbocycles. The van der Waals surface area contributed by atoms with Crippen molar-refractivity contribution in [3.63, 3.8) is 0 Å². The minimum Gasteiger partial charge on any atom is -0.384 e. The number of nitrogens with zero attached hydrogens (tertiary/aromatic N) is 3. The Morgan fingerprint density at radius 1 is 1.28 bits per heavy atom. The number of aromatic nitrogens is 1. The van der Waals surface area contributed by atoms with Crippen molar-refractivity contribution in [1.29, 1.82) is 0 Å². The van der Waals surface area contributed by atoms with E-state index in [4.69, 9.17) is 5.73 Å². The van der Waals surface area contributed by atoms with Crippen molar-refractivity contribution in [1.82, 2.24) is 14.2 Å². The Morgan fingerprint density at radius 2 is 1.94 bits per heavy atom.